The van der Waals surface area contributed by atoms with E-state index >= 15 is 0 Å². The van der Waals surface area contributed by atoms with E-state index in [1.54, 1.807) is 10.9 Å². The van der Waals surface area contributed by atoms with E-state index in [0.29, 0.717) is 28.9 Å². The van der Waals surface area contributed by atoms with Crippen LogP contribution in [0.4, 0.5) is 5.82 Å². The van der Waals surface area contributed by atoms with Crippen molar-refractivity contribution < 1.29 is 14.9 Å². The average molecular weight is 380 g/mol. The van der Waals surface area contributed by atoms with Crippen LogP contribution >= 0.6 is 11.6 Å². The largest absolute Gasteiger partial charge is 0.387 e. The van der Waals surface area contributed by atoms with Crippen LogP contribution in [0.5, 0.6) is 0 Å². The third-order valence-electron chi connectivity index (χ3n) is 6.18. The zero-order valence-electron chi connectivity index (χ0n) is 14.2. The average Bonchev–Trinajstić information content (AvgIpc) is 3.41. The summed E-state index contributed by atoms with van der Waals surface area (Å²) in [7, 11) is 0. The molecule has 5 rings (SSSR count). The first-order valence-electron chi connectivity index (χ1n) is 9.17. The van der Waals surface area contributed by atoms with Crippen molar-refractivity contribution in [1.82, 2.24) is 19.5 Å². The Labute approximate surface area is 155 Å². The lowest BCUT2D eigenvalue weighted by Gasteiger charge is -2.23. The number of hydrogen-bond acceptors (Lipinski definition) is 7. The van der Waals surface area contributed by atoms with Crippen LogP contribution in [0.15, 0.2) is 12.7 Å². The van der Waals surface area contributed by atoms with E-state index in [9.17, 15) is 10.2 Å². The number of fused-ring (bicyclic) bond motifs is 3. The van der Waals surface area contributed by atoms with E-state index in [2.05, 4.69) is 20.3 Å². The van der Waals surface area contributed by atoms with Crippen molar-refractivity contribution in [3.05, 3.63) is 12.7 Å². The third-order valence-corrected chi connectivity index (χ3v) is 6.49. The summed E-state index contributed by atoms with van der Waals surface area (Å²) in [6.45, 7) is 0. The molecule has 2 aromatic rings. The molecule has 0 amide bonds. The minimum Gasteiger partial charge on any atom is -0.387 e. The zero-order chi connectivity index (χ0) is 17.8. The Morgan fingerprint density at radius 2 is 2.08 bits per heavy atom. The number of anilines is 1. The molecular weight excluding hydrogens is 358 g/mol. The SMILES string of the molecule is O[C@@H]1[C@H](O)[C@@H](CCl)O[C@H]1n1cnc2c(NC3C[C@H]4CCC3C4)ncnc21. The van der Waals surface area contributed by atoms with Gasteiger partial charge in [-0.3, -0.25) is 4.57 Å². The van der Waals surface area contributed by atoms with E-state index in [0.717, 1.165) is 5.92 Å². The van der Waals surface area contributed by atoms with Crippen LogP contribution in [-0.4, -0.2) is 60.0 Å². The van der Waals surface area contributed by atoms with Gasteiger partial charge in [-0.05, 0) is 31.1 Å². The van der Waals surface area contributed by atoms with Crippen molar-refractivity contribution >= 4 is 28.6 Å². The number of halogens is 1. The number of rotatable bonds is 4. The topological polar surface area (TPSA) is 105 Å². The molecule has 2 aromatic heterocycles. The molecule has 7 atom stereocenters. The highest BCUT2D eigenvalue weighted by molar-refractivity contribution is 6.18. The maximum atomic E-state index is 10.3. The standard InChI is InChI=1S/C17H22ClN5O3/c18-5-11-13(24)14(25)17(26-11)23-7-21-12-15(19-6-20-16(12)23)22-10-4-8-1-2-9(10)3-8/h6-11,13-14,17,24-25H,1-5H2,(H,19,20,22)/t8-,9?,10?,11+,13+,14+,17+/m0/s1. The second-order valence-corrected chi connectivity index (χ2v) is 7.98. The van der Waals surface area contributed by atoms with Gasteiger partial charge in [0.25, 0.3) is 0 Å². The molecule has 3 aliphatic rings. The smallest absolute Gasteiger partial charge is 0.167 e. The van der Waals surface area contributed by atoms with Crippen LogP contribution in [0.2, 0.25) is 0 Å². The molecule has 2 saturated carbocycles. The van der Waals surface area contributed by atoms with Gasteiger partial charge >= 0.3 is 0 Å². The molecule has 1 aliphatic heterocycles. The first-order chi connectivity index (χ1) is 12.7. The van der Waals surface area contributed by atoms with Gasteiger partial charge in [0.05, 0.1) is 12.2 Å². The summed E-state index contributed by atoms with van der Waals surface area (Å²) in [6.07, 6.45) is 4.66. The summed E-state index contributed by atoms with van der Waals surface area (Å²) in [6, 6.07) is 0.438. The van der Waals surface area contributed by atoms with Gasteiger partial charge in [-0.15, -0.1) is 11.6 Å². The van der Waals surface area contributed by atoms with Crippen LogP contribution in [0.25, 0.3) is 11.2 Å². The van der Waals surface area contributed by atoms with Gasteiger partial charge in [-0.25, -0.2) is 15.0 Å². The molecule has 2 aliphatic carbocycles. The van der Waals surface area contributed by atoms with Gasteiger partial charge in [0.15, 0.2) is 23.2 Å². The molecular formula is C17H22ClN5O3. The molecule has 140 valence electrons. The fraction of sp³-hybridized carbons (Fsp3) is 0.706. The van der Waals surface area contributed by atoms with Crippen LogP contribution in [0, 0.1) is 11.8 Å². The summed E-state index contributed by atoms with van der Waals surface area (Å²) in [5, 5.41) is 23.9. The number of aliphatic hydroxyl groups excluding tert-OH is 2. The fourth-order valence-electron chi connectivity index (χ4n) is 4.83. The Morgan fingerprint density at radius 3 is 2.77 bits per heavy atom. The van der Waals surface area contributed by atoms with Gasteiger partial charge < -0.3 is 20.3 Å². The number of aromatic nitrogens is 4. The summed E-state index contributed by atoms with van der Waals surface area (Å²) in [5.41, 5.74) is 1.21. The Bertz CT molecular complexity index is 817. The second kappa shape index (κ2) is 6.30. The van der Waals surface area contributed by atoms with E-state index in [4.69, 9.17) is 16.3 Å². The highest BCUT2D eigenvalue weighted by Gasteiger charge is 2.44. The molecule has 9 heteroatoms. The van der Waals surface area contributed by atoms with Gasteiger partial charge in [0, 0.05) is 6.04 Å². The van der Waals surface area contributed by atoms with E-state index in [1.807, 2.05) is 0 Å². The van der Waals surface area contributed by atoms with Crippen molar-refractivity contribution in [3.8, 4) is 0 Å². The van der Waals surface area contributed by atoms with Gasteiger partial charge in [0.2, 0.25) is 0 Å². The molecule has 26 heavy (non-hydrogen) atoms. The molecule has 8 nitrogen and oxygen atoms in total. The molecule has 2 bridgehead atoms. The molecule has 1 saturated heterocycles. The lowest BCUT2D eigenvalue weighted by molar-refractivity contribution is -0.0291. The Hall–Kier alpha value is -1.48. The molecule has 2 unspecified atom stereocenters. The number of aliphatic hydroxyl groups is 2. The number of ether oxygens (including phenoxy) is 1. The van der Waals surface area contributed by atoms with Crippen molar-refractivity contribution in [2.75, 3.05) is 11.2 Å². The van der Waals surface area contributed by atoms with E-state index in [-0.39, 0.29) is 5.88 Å². The van der Waals surface area contributed by atoms with Crippen LogP contribution < -0.4 is 5.32 Å². The number of imidazole rings is 1. The second-order valence-electron chi connectivity index (χ2n) is 7.67. The molecule has 0 aromatic carbocycles. The first-order valence-corrected chi connectivity index (χ1v) is 9.70. The van der Waals surface area contributed by atoms with E-state index in [1.165, 1.54) is 32.0 Å². The van der Waals surface area contributed by atoms with Crippen molar-refractivity contribution in [1.29, 1.82) is 0 Å². The highest BCUT2D eigenvalue weighted by Crippen LogP contribution is 2.45. The third kappa shape index (κ3) is 2.51. The molecule has 3 fully saturated rings. The predicted molar refractivity (Wildman–Crippen MR) is 94.8 cm³/mol. The number of alkyl halides is 1. The lowest BCUT2D eigenvalue weighted by atomic mass is 9.95. The predicted octanol–water partition coefficient (Wildman–Crippen LogP) is 1.28. The Balaban J connectivity index is 1.44. The lowest BCUT2D eigenvalue weighted by Crippen LogP contribution is -2.32. The molecule has 0 spiro atoms. The van der Waals surface area contributed by atoms with Gasteiger partial charge in [-0.1, -0.05) is 6.42 Å². The quantitative estimate of drug-likeness (QED) is 0.687. The number of nitrogens with one attached hydrogen (secondary N) is 1. The molecule has 3 heterocycles. The Kier molecular flexibility index (Phi) is 4.04. The van der Waals surface area contributed by atoms with E-state index < -0.39 is 24.5 Å². The summed E-state index contributed by atoms with van der Waals surface area (Å²) >= 11 is 5.81. The number of hydrogen-bond donors (Lipinski definition) is 3. The van der Waals surface area contributed by atoms with Crippen molar-refractivity contribution in [2.45, 2.75) is 56.3 Å². The first kappa shape index (κ1) is 16.7. The van der Waals surface area contributed by atoms with Gasteiger partial charge in [0.1, 0.15) is 24.6 Å². The summed E-state index contributed by atoms with van der Waals surface area (Å²) in [5.74, 6) is 2.37. The Morgan fingerprint density at radius 1 is 1.19 bits per heavy atom. The summed E-state index contributed by atoms with van der Waals surface area (Å²) in [4.78, 5) is 13.2. The maximum absolute atomic E-state index is 10.3. The van der Waals surface area contributed by atoms with Crippen molar-refractivity contribution in [3.63, 3.8) is 0 Å². The van der Waals surface area contributed by atoms with Crippen LogP contribution in [0.1, 0.15) is 31.9 Å². The normalized spacial score (nSPS) is 39.1. The van der Waals surface area contributed by atoms with Crippen LogP contribution in [-0.2, 0) is 4.74 Å². The maximum Gasteiger partial charge on any atom is 0.167 e. The molecule has 3 N–H and O–H groups in total. The number of nitrogens with zero attached hydrogens (tertiary/aromatic N) is 4. The zero-order valence-corrected chi connectivity index (χ0v) is 15.0. The summed E-state index contributed by atoms with van der Waals surface area (Å²) < 4.78 is 7.35. The monoisotopic (exact) mass is 379 g/mol. The van der Waals surface area contributed by atoms with Crippen LogP contribution in [0.3, 0.4) is 0 Å². The fourth-order valence-corrected chi connectivity index (χ4v) is 5.08. The highest BCUT2D eigenvalue weighted by atomic mass is 35.5. The van der Waals surface area contributed by atoms with Gasteiger partial charge in [-0.2, -0.15) is 0 Å². The minimum absolute atomic E-state index is 0.105. The minimum atomic E-state index is -1.09. The van der Waals surface area contributed by atoms with Crippen molar-refractivity contribution in [2.24, 2.45) is 11.8 Å². The molecule has 0 radical (unpaired) electrons.